The van der Waals surface area contributed by atoms with E-state index in [1.54, 1.807) is 6.08 Å². The second kappa shape index (κ2) is 6.43. The minimum Gasteiger partial charge on any atom is -0.492 e. The van der Waals surface area contributed by atoms with Crippen molar-refractivity contribution in [2.24, 2.45) is 0 Å². The average molecular weight is 444 g/mol. The van der Waals surface area contributed by atoms with E-state index in [4.69, 9.17) is 9.84 Å². The van der Waals surface area contributed by atoms with E-state index in [1.165, 1.54) is 0 Å². The van der Waals surface area contributed by atoms with E-state index in [-0.39, 0.29) is 0 Å². The minimum atomic E-state index is -0.945. The maximum Gasteiger partial charge on any atom is 0.328 e. The molecule has 1 aromatic rings. The number of carboxylic acid groups (broad SMARTS) is 1. The third-order valence-electron chi connectivity index (χ3n) is 1.73. The molecule has 0 aromatic heterocycles. The van der Waals surface area contributed by atoms with Gasteiger partial charge in [-0.25, -0.2) is 4.79 Å². The fourth-order valence-corrected chi connectivity index (χ4v) is 3.25. The summed E-state index contributed by atoms with van der Waals surface area (Å²) in [4.78, 5) is 10.4. The van der Waals surface area contributed by atoms with E-state index in [0.29, 0.717) is 6.61 Å². The Labute approximate surface area is 121 Å². The molecule has 0 saturated heterocycles. The van der Waals surface area contributed by atoms with Crippen molar-refractivity contribution in [2.75, 3.05) is 6.61 Å². The molecular weight excluding hydrogens is 434 g/mol. The summed E-state index contributed by atoms with van der Waals surface area (Å²) in [6, 6.07) is 3.79. The van der Waals surface area contributed by atoms with E-state index in [2.05, 4.69) is 45.2 Å². The summed E-state index contributed by atoms with van der Waals surface area (Å²) < 4.78 is 7.46. The molecule has 1 rings (SSSR count). The third-order valence-corrected chi connectivity index (χ3v) is 3.33. The lowest BCUT2D eigenvalue weighted by Gasteiger charge is -2.09. The highest BCUT2D eigenvalue weighted by atomic mass is 127. The van der Waals surface area contributed by atoms with Crippen LogP contribution in [0.25, 0.3) is 6.08 Å². The third kappa shape index (κ3) is 3.93. The molecule has 0 saturated carbocycles. The smallest absolute Gasteiger partial charge is 0.328 e. The first-order valence-corrected chi connectivity index (χ1v) is 6.73. The van der Waals surface area contributed by atoms with Gasteiger partial charge in [0.05, 0.1) is 13.7 Å². The number of hydrogen-bond donors (Lipinski definition) is 1. The van der Waals surface area contributed by atoms with Gasteiger partial charge in [0.1, 0.15) is 5.75 Å². The molecule has 0 bridgehead atoms. The number of carbonyl (C=O) groups is 1. The monoisotopic (exact) mass is 444 g/mol. The lowest BCUT2D eigenvalue weighted by atomic mass is 10.2. The van der Waals surface area contributed by atoms with Gasteiger partial charge in [-0.3, -0.25) is 0 Å². The first-order chi connectivity index (χ1) is 7.54. The van der Waals surface area contributed by atoms with Crippen molar-refractivity contribution >= 4 is 57.2 Å². The number of hydrogen-bond acceptors (Lipinski definition) is 2. The van der Waals surface area contributed by atoms with Crippen molar-refractivity contribution in [1.82, 2.24) is 0 Å². The van der Waals surface area contributed by atoms with Crippen LogP contribution in [0.3, 0.4) is 0 Å². The van der Waals surface area contributed by atoms with Crippen molar-refractivity contribution in [1.29, 1.82) is 0 Å². The normalized spacial score (nSPS) is 10.7. The van der Waals surface area contributed by atoms with Crippen LogP contribution in [-0.4, -0.2) is 17.7 Å². The maximum absolute atomic E-state index is 10.4. The fraction of sp³-hybridized carbons (Fsp3) is 0.182. The van der Waals surface area contributed by atoms with E-state index in [0.717, 1.165) is 24.5 Å². The van der Waals surface area contributed by atoms with Crippen molar-refractivity contribution in [3.05, 3.63) is 30.9 Å². The summed E-state index contributed by atoms with van der Waals surface area (Å²) in [7, 11) is 0. The van der Waals surface area contributed by atoms with Crippen LogP contribution in [0, 0.1) is 7.14 Å². The molecule has 0 spiro atoms. The van der Waals surface area contributed by atoms with Gasteiger partial charge in [-0.1, -0.05) is 0 Å². The zero-order valence-electron chi connectivity index (χ0n) is 8.54. The van der Waals surface area contributed by atoms with E-state index >= 15 is 0 Å². The van der Waals surface area contributed by atoms with Crippen LogP contribution >= 0.6 is 45.2 Å². The van der Waals surface area contributed by atoms with Gasteiger partial charge in [-0.2, -0.15) is 0 Å². The molecule has 0 amide bonds. The van der Waals surface area contributed by atoms with Gasteiger partial charge in [0.2, 0.25) is 0 Å². The Hall–Kier alpha value is -0.310. The first kappa shape index (κ1) is 13.8. The minimum absolute atomic E-state index is 0.621. The predicted octanol–water partition coefficient (Wildman–Crippen LogP) is 3.39. The van der Waals surface area contributed by atoms with Crippen LogP contribution in [0.15, 0.2) is 18.2 Å². The summed E-state index contributed by atoms with van der Waals surface area (Å²) in [5.41, 5.74) is 0.861. The zero-order valence-corrected chi connectivity index (χ0v) is 12.9. The van der Waals surface area contributed by atoms with Crippen LogP contribution in [0.1, 0.15) is 12.5 Å². The highest BCUT2D eigenvalue weighted by Crippen LogP contribution is 2.29. The van der Waals surface area contributed by atoms with Gasteiger partial charge < -0.3 is 9.84 Å². The maximum atomic E-state index is 10.4. The number of carboxylic acids is 1. The molecule has 16 heavy (non-hydrogen) atoms. The van der Waals surface area contributed by atoms with Crippen molar-refractivity contribution in [3.8, 4) is 5.75 Å². The molecule has 86 valence electrons. The van der Waals surface area contributed by atoms with Gasteiger partial charge in [0.25, 0.3) is 0 Å². The molecule has 0 aliphatic carbocycles. The van der Waals surface area contributed by atoms with E-state index < -0.39 is 5.97 Å². The Balaban J connectivity index is 3.04. The Morgan fingerprint density at radius 1 is 1.44 bits per heavy atom. The second-order valence-electron chi connectivity index (χ2n) is 2.92. The first-order valence-electron chi connectivity index (χ1n) is 4.57. The molecule has 0 fully saturated rings. The SMILES string of the molecule is CCOc1c(I)cc(/C=C/C(=O)O)cc1I. The Kier molecular flexibility index (Phi) is 5.53. The largest absolute Gasteiger partial charge is 0.492 e. The molecule has 0 aliphatic rings. The molecule has 0 radical (unpaired) electrons. The van der Waals surface area contributed by atoms with Gasteiger partial charge in [0.15, 0.2) is 0 Å². The number of aliphatic carboxylic acids is 1. The molecule has 0 heterocycles. The van der Waals surface area contributed by atoms with Crippen LogP contribution in [-0.2, 0) is 4.79 Å². The average Bonchev–Trinajstić information content (AvgIpc) is 2.20. The van der Waals surface area contributed by atoms with Gasteiger partial charge in [0, 0.05) is 6.08 Å². The number of ether oxygens (including phenoxy) is 1. The lowest BCUT2D eigenvalue weighted by Crippen LogP contribution is -1.97. The van der Waals surface area contributed by atoms with Gasteiger partial charge >= 0.3 is 5.97 Å². The highest BCUT2D eigenvalue weighted by molar-refractivity contribution is 14.1. The fourth-order valence-electron chi connectivity index (χ4n) is 1.13. The number of rotatable bonds is 4. The molecule has 0 atom stereocenters. The van der Waals surface area contributed by atoms with Crippen molar-refractivity contribution in [3.63, 3.8) is 0 Å². The summed E-state index contributed by atoms with van der Waals surface area (Å²) in [6.07, 6.45) is 2.70. The van der Waals surface area contributed by atoms with E-state index in [1.807, 2.05) is 19.1 Å². The van der Waals surface area contributed by atoms with Crippen LogP contribution < -0.4 is 4.74 Å². The Bertz CT molecular complexity index is 404. The zero-order chi connectivity index (χ0) is 12.1. The number of halogens is 2. The topological polar surface area (TPSA) is 46.5 Å². The van der Waals surface area contributed by atoms with Crippen molar-refractivity contribution in [2.45, 2.75) is 6.92 Å². The Morgan fingerprint density at radius 3 is 2.44 bits per heavy atom. The molecular formula is C11H10I2O3. The molecule has 3 nitrogen and oxygen atoms in total. The summed E-state index contributed by atoms with van der Waals surface area (Å²) >= 11 is 4.36. The van der Waals surface area contributed by atoms with Crippen molar-refractivity contribution < 1.29 is 14.6 Å². The summed E-state index contributed by atoms with van der Waals surface area (Å²) in [5, 5.41) is 8.54. The summed E-state index contributed by atoms with van der Waals surface area (Å²) in [6.45, 7) is 2.56. The van der Waals surface area contributed by atoms with Crippen LogP contribution in [0.2, 0.25) is 0 Å². The molecule has 5 heteroatoms. The molecule has 0 unspecified atom stereocenters. The Morgan fingerprint density at radius 2 is 2.00 bits per heavy atom. The standard InChI is InChI=1S/C11H10I2O3/c1-2-16-11-8(12)5-7(6-9(11)13)3-4-10(14)15/h3-6H,2H2,1H3,(H,14,15)/b4-3+. The highest BCUT2D eigenvalue weighted by Gasteiger charge is 2.07. The van der Waals surface area contributed by atoms with Gasteiger partial charge in [-0.15, -0.1) is 0 Å². The second-order valence-corrected chi connectivity index (χ2v) is 5.24. The van der Waals surface area contributed by atoms with Crippen LogP contribution in [0.4, 0.5) is 0 Å². The van der Waals surface area contributed by atoms with Crippen LogP contribution in [0.5, 0.6) is 5.75 Å². The molecule has 1 N–H and O–H groups in total. The lowest BCUT2D eigenvalue weighted by molar-refractivity contribution is -0.131. The predicted molar refractivity (Wildman–Crippen MR) is 79.7 cm³/mol. The quantitative estimate of drug-likeness (QED) is 0.573. The summed E-state index contributed by atoms with van der Waals surface area (Å²) in [5.74, 6) is -0.0879. The molecule has 1 aromatic carbocycles. The van der Waals surface area contributed by atoms with Gasteiger partial charge in [-0.05, 0) is 75.9 Å². The van der Waals surface area contributed by atoms with E-state index in [9.17, 15) is 4.79 Å². The number of benzene rings is 1. The molecule has 0 aliphatic heterocycles.